The zero-order chi connectivity index (χ0) is 14.7. The number of aliphatic hydroxyl groups is 1. The van der Waals surface area contributed by atoms with E-state index in [1.54, 1.807) is 0 Å². The van der Waals surface area contributed by atoms with Gasteiger partial charge in [0.05, 0.1) is 30.6 Å². The van der Waals surface area contributed by atoms with E-state index in [1.165, 1.54) is 25.7 Å². The molecule has 1 aromatic heterocycles. The normalized spacial score (nSPS) is 26.9. The summed E-state index contributed by atoms with van der Waals surface area (Å²) in [6, 6.07) is 2.86. The Morgan fingerprint density at radius 2 is 2.29 bits per heavy atom. The first kappa shape index (κ1) is 15.0. The first-order valence-electron chi connectivity index (χ1n) is 8.20. The molecule has 2 unspecified atom stereocenters. The fourth-order valence-electron chi connectivity index (χ4n) is 3.59. The molecular weight excluding hydrogens is 266 g/mol. The van der Waals surface area contributed by atoms with Crippen LogP contribution in [0.4, 0.5) is 0 Å². The molecule has 5 nitrogen and oxygen atoms in total. The van der Waals surface area contributed by atoms with E-state index in [0.717, 1.165) is 18.8 Å². The van der Waals surface area contributed by atoms with Gasteiger partial charge in [-0.2, -0.15) is 5.10 Å². The summed E-state index contributed by atoms with van der Waals surface area (Å²) in [4.78, 5) is 0. The van der Waals surface area contributed by atoms with Gasteiger partial charge < -0.3 is 15.2 Å². The van der Waals surface area contributed by atoms with Gasteiger partial charge in [0.15, 0.2) is 0 Å². The molecule has 3 rings (SSSR count). The molecule has 1 saturated carbocycles. The maximum absolute atomic E-state index is 10.6. The zero-order valence-corrected chi connectivity index (χ0v) is 12.9. The monoisotopic (exact) mass is 293 g/mol. The summed E-state index contributed by atoms with van der Waals surface area (Å²) in [5.41, 5.74) is 0.247. The standard InChI is InChI=1S/C16H27N3O2/c1-16(20,11-14-12-21-9-7-17-14)10-13-6-8-19(18-13)15-4-2-3-5-15/h6,8,14-15,17,20H,2-5,7,9-12H2,1H3. The van der Waals surface area contributed by atoms with Crippen molar-refractivity contribution in [3.05, 3.63) is 18.0 Å². The predicted octanol–water partition coefficient (Wildman–Crippen LogP) is 1.67. The molecule has 1 saturated heterocycles. The topological polar surface area (TPSA) is 59.3 Å². The average Bonchev–Trinajstić information content (AvgIpc) is 3.09. The van der Waals surface area contributed by atoms with Crippen LogP contribution in [-0.2, 0) is 11.2 Å². The molecular formula is C16H27N3O2. The number of nitrogens with one attached hydrogen (secondary N) is 1. The summed E-state index contributed by atoms with van der Waals surface area (Å²) in [6.07, 6.45) is 8.47. The second kappa shape index (κ2) is 6.46. The van der Waals surface area contributed by atoms with Gasteiger partial charge in [0.2, 0.25) is 0 Å². The van der Waals surface area contributed by atoms with Gasteiger partial charge in [-0.15, -0.1) is 0 Å². The van der Waals surface area contributed by atoms with Crippen LogP contribution in [0.2, 0.25) is 0 Å². The summed E-state index contributed by atoms with van der Waals surface area (Å²) in [6.45, 7) is 4.23. The molecule has 1 aromatic rings. The molecule has 0 spiro atoms. The second-order valence-electron chi connectivity index (χ2n) is 6.83. The van der Waals surface area contributed by atoms with Gasteiger partial charge in [0, 0.05) is 25.2 Å². The van der Waals surface area contributed by atoms with Gasteiger partial charge in [0.1, 0.15) is 0 Å². The minimum absolute atomic E-state index is 0.241. The molecule has 1 aliphatic heterocycles. The van der Waals surface area contributed by atoms with Crippen LogP contribution in [0.15, 0.2) is 12.3 Å². The minimum Gasteiger partial charge on any atom is -0.390 e. The van der Waals surface area contributed by atoms with Gasteiger partial charge in [-0.05, 0) is 32.3 Å². The van der Waals surface area contributed by atoms with Crippen LogP contribution in [0.25, 0.3) is 0 Å². The maximum atomic E-state index is 10.6. The van der Waals surface area contributed by atoms with E-state index in [-0.39, 0.29) is 6.04 Å². The van der Waals surface area contributed by atoms with Gasteiger partial charge in [-0.25, -0.2) is 0 Å². The quantitative estimate of drug-likeness (QED) is 0.867. The van der Waals surface area contributed by atoms with E-state index < -0.39 is 5.60 Å². The van der Waals surface area contributed by atoms with Crippen LogP contribution in [0.5, 0.6) is 0 Å². The Balaban J connectivity index is 1.56. The summed E-state index contributed by atoms with van der Waals surface area (Å²) < 4.78 is 7.55. The van der Waals surface area contributed by atoms with Crippen LogP contribution in [0.3, 0.4) is 0 Å². The van der Waals surface area contributed by atoms with Crippen molar-refractivity contribution in [2.75, 3.05) is 19.8 Å². The van der Waals surface area contributed by atoms with E-state index in [9.17, 15) is 5.11 Å². The van der Waals surface area contributed by atoms with E-state index in [0.29, 0.717) is 25.5 Å². The van der Waals surface area contributed by atoms with E-state index in [1.807, 2.05) is 6.92 Å². The predicted molar refractivity (Wildman–Crippen MR) is 81.3 cm³/mol. The highest BCUT2D eigenvalue weighted by Gasteiger charge is 2.28. The Labute approximate surface area is 126 Å². The molecule has 5 heteroatoms. The molecule has 118 valence electrons. The number of hydrogen-bond donors (Lipinski definition) is 2. The lowest BCUT2D eigenvalue weighted by atomic mass is 9.92. The van der Waals surface area contributed by atoms with E-state index >= 15 is 0 Å². The van der Waals surface area contributed by atoms with Crippen LogP contribution in [0.1, 0.15) is 50.8 Å². The Morgan fingerprint density at radius 1 is 1.48 bits per heavy atom. The van der Waals surface area contributed by atoms with Gasteiger partial charge in [-0.3, -0.25) is 4.68 Å². The largest absolute Gasteiger partial charge is 0.390 e. The zero-order valence-electron chi connectivity index (χ0n) is 12.9. The van der Waals surface area contributed by atoms with Crippen LogP contribution < -0.4 is 5.32 Å². The highest BCUT2D eigenvalue weighted by atomic mass is 16.5. The summed E-state index contributed by atoms with van der Waals surface area (Å²) in [5.74, 6) is 0. The average molecular weight is 293 g/mol. The molecule has 2 aliphatic rings. The third-order valence-electron chi connectivity index (χ3n) is 4.61. The lowest BCUT2D eigenvalue weighted by Crippen LogP contribution is -2.46. The van der Waals surface area contributed by atoms with Crippen molar-refractivity contribution >= 4 is 0 Å². The number of morpholine rings is 1. The minimum atomic E-state index is -0.743. The molecule has 0 radical (unpaired) electrons. The Bertz CT molecular complexity index is 446. The Hall–Kier alpha value is -0.910. The fourth-order valence-corrected chi connectivity index (χ4v) is 3.59. The third-order valence-corrected chi connectivity index (χ3v) is 4.61. The first-order valence-corrected chi connectivity index (χ1v) is 8.20. The lowest BCUT2D eigenvalue weighted by molar-refractivity contribution is 0.00587. The molecule has 2 fully saturated rings. The Kier molecular flexibility index (Phi) is 4.62. The second-order valence-corrected chi connectivity index (χ2v) is 6.83. The van der Waals surface area contributed by atoms with Crippen molar-refractivity contribution in [3.8, 4) is 0 Å². The molecule has 2 heterocycles. The molecule has 2 atom stereocenters. The number of ether oxygens (including phenoxy) is 1. The first-order chi connectivity index (χ1) is 10.1. The maximum Gasteiger partial charge on any atom is 0.0691 e. The van der Waals surface area contributed by atoms with Crippen LogP contribution in [0, 0.1) is 0 Å². The summed E-state index contributed by atoms with van der Waals surface area (Å²) in [5, 5.41) is 18.7. The molecule has 2 N–H and O–H groups in total. The van der Waals surface area contributed by atoms with Gasteiger partial charge in [0.25, 0.3) is 0 Å². The highest BCUT2D eigenvalue weighted by molar-refractivity contribution is 5.05. The molecule has 0 amide bonds. The smallest absolute Gasteiger partial charge is 0.0691 e. The van der Waals surface area contributed by atoms with Gasteiger partial charge in [-0.1, -0.05) is 12.8 Å². The number of nitrogens with zero attached hydrogens (tertiary/aromatic N) is 2. The molecule has 0 aromatic carbocycles. The van der Waals surface area contributed by atoms with Crippen molar-refractivity contribution < 1.29 is 9.84 Å². The highest BCUT2D eigenvalue weighted by Crippen LogP contribution is 2.29. The number of aromatic nitrogens is 2. The SMILES string of the molecule is CC(O)(Cc1ccn(C2CCCC2)n1)CC1COCCN1. The van der Waals surface area contributed by atoms with E-state index in [2.05, 4.69) is 27.4 Å². The van der Waals surface area contributed by atoms with Crippen molar-refractivity contribution in [2.45, 2.75) is 63.1 Å². The lowest BCUT2D eigenvalue weighted by Gasteiger charge is -2.31. The Morgan fingerprint density at radius 3 is 3.00 bits per heavy atom. The summed E-state index contributed by atoms with van der Waals surface area (Å²) >= 11 is 0. The van der Waals surface area contributed by atoms with Crippen molar-refractivity contribution in [1.82, 2.24) is 15.1 Å². The summed E-state index contributed by atoms with van der Waals surface area (Å²) in [7, 11) is 0. The van der Waals surface area contributed by atoms with Gasteiger partial charge >= 0.3 is 0 Å². The molecule has 1 aliphatic carbocycles. The molecule has 21 heavy (non-hydrogen) atoms. The van der Waals surface area contributed by atoms with Crippen LogP contribution >= 0.6 is 0 Å². The van der Waals surface area contributed by atoms with Crippen molar-refractivity contribution in [2.24, 2.45) is 0 Å². The number of hydrogen-bond acceptors (Lipinski definition) is 4. The number of rotatable bonds is 5. The molecule has 0 bridgehead atoms. The van der Waals surface area contributed by atoms with Crippen LogP contribution in [-0.4, -0.2) is 46.3 Å². The fraction of sp³-hybridized carbons (Fsp3) is 0.812. The van der Waals surface area contributed by atoms with Crippen molar-refractivity contribution in [1.29, 1.82) is 0 Å². The van der Waals surface area contributed by atoms with Crippen molar-refractivity contribution in [3.63, 3.8) is 0 Å². The third kappa shape index (κ3) is 4.05. The van der Waals surface area contributed by atoms with E-state index in [4.69, 9.17) is 4.74 Å².